The van der Waals surface area contributed by atoms with E-state index < -0.39 is 22.2 Å². The largest absolute Gasteiger partial charge is 0.409 e. The monoisotopic (exact) mass is 429 g/mol. The second-order valence-corrected chi connectivity index (χ2v) is 9.52. The Bertz CT molecular complexity index is 1090. The number of para-hydroxylation sites is 1. The lowest BCUT2D eigenvalue weighted by Crippen LogP contribution is -2.38. The zero-order valence-electron chi connectivity index (χ0n) is 15.3. The molecule has 5 nitrogen and oxygen atoms in total. The molecule has 0 unspecified atom stereocenters. The summed E-state index contributed by atoms with van der Waals surface area (Å²) in [6.45, 7) is 4.61. The molecule has 150 valence electrons. The minimum absolute atomic E-state index is 0.105. The molecule has 0 saturated heterocycles. The Labute approximate surface area is 164 Å². The molecule has 10 heteroatoms. The van der Waals surface area contributed by atoms with Gasteiger partial charge in [0.05, 0.1) is 11.4 Å². The Morgan fingerprint density at radius 1 is 1.07 bits per heavy atom. The van der Waals surface area contributed by atoms with Crippen LogP contribution in [0.25, 0.3) is 5.69 Å². The molecule has 2 heterocycles. The molecule has 1 aromatic carbocycles. The number of rotatable bonds is 5. The lowest BCUT2D eigenvalue weighted by atomic mass is 10.1. The molecule has 1 atom stereocenters. The highest BCUT2D eigenvalue weighted by atomic mass is 32.2. The summed E-state index contributed by atoms with van der Waals surface area (Å²) in [5.74, 6) is 0. The standard InChI is InChI=1S/C18H18F3N3O2S2/c1-11-9-10-15(27-11)28(25,26)23-17(18(19,20)21)16-12(2)22-24(13(16)3)14-7-5-4-6-8-14/h4-10,17,23H,1-3H3/t17-/m0/s1. The van der Waals surface area contributed by atoms with Crippen molar-refractivity contribution in [3.63, 3.8) is 0 Å². The van der Waals surface area contributed by atoms with Crippen molar-refractivity contribution in [2.24, 2.45) is 0 Å². The number of sulfonamides is 1. The molecule has 0 aliphatic carbocycles. The summed E-state index contributed by atoms with van der Waals surface area (Å²) in [6.07, 6.45) is -4.83. The zero-order chi connectivity index (χ0) is 20.7. The second kappa shape index (κ2) is 7.34. The van der Waals surface area contributed by atoms with Gasteiger partial charge in [-0.25, -0.2) is 13.1 Å². The van der Waals surface area contributed by atoms with Crippen molar-refractivity contribution in [1.29, 1.82) is 0 Å². The number of thiophene rings is 1. The quantitative estimate of drug-likeness (QED) is 0.652. The first-order valence-electron chi connectivity index (χ1n) is 8.27. The first kappa shape index (κ1) is 20.6. The topological polar surface area (TPSA) is 64.0 Å². The summed E-state index contributed by atoms with van der Waals surface area (Å²) in [5, 5.41) is 4.21. The number of nitrogens with one attached hydrogen (secondary N) is 1. The Balaban J connectivity index is 2.08. The van der Waals surface area contributed by atoms with Gasteiger partial charge in [-0.2, -0.15) is 23.0 Å². The molecule has 0 radical (unpaired) electrons. The van der Waals surface area contributed by atoms with Gasteiger partial charge in [0.25, 0.3) is 10.0 Å². The molecule has 0 aliphatic heterocycles. The summed E-state index contributed by atoms with van der Waals surface area (Å²) in [4.78, 5) is 0.688. The lowest BCUT2D eigenvalue weighted by molar-refractivity contribution is -0.153. The number of alkyl halides is 3. The van der Waals surface area contributed by atoms with Gasteiger partial charge in [-0.1, -0.05) is 18.2 Å². The van der Waals surface area contributed by atoms with E-state index in [-0.39, 0.29) is 21.2 Å². The summed E-state index contributed by atoms with van der Waals surface area (Å²) in [6, 6.07) is 9.13. The number of halogens is 3. The molecule has 0 saturated carbocycles. The molecule has 3 rings (SSSR count). The van der Waals surface area contributed by atoms with E-state index in [1.165, 1.54) is 24.6 Å². The highest BCUT2D eigenvalue weighted by Gasteiger charge is 2.46. The third-order valence-electron chi connectivity index (χ3n) is 4.22. The molecular weight excluding hydrogens is 411 g/mol. The fourth-order valence-electron chi connectivity index (χ4n) is 2.95. The molecule has 0 bridgehead atoms. The molecule has 0 fully saturated rings. The maximum absolute atomic E-state index is 13.9. The van der Waals surface area contributed by atoms with Gasteiger partial charge < -0.3 is 0 Å². The van der Waals surface area contributed by atoms with Crippen molar-refractivity contribution < 1.29 is 21.6 Å². The van der Waals surface area contributed by atoms with Crippen molar-refractivity contribution >= 4 is 21.4 Å². The minimum Gasteiger partial charge on any atom is -0.237 e. The van der Waals surface area contributed by atoms with Crippen LogP contribution in [-0.4, -0.2) is 24.4 Å². The molecule has 0 spiro atoms. The van der Waals surface area contributed by atoms with Gasteiger partial charge >= 0.3 is 6.18 Å². The molecule has 0 amide bonds. The highest BCUT2D eigenvalue weighted by molar-refractivity contribution is 7.91. The molecule has 0 aliphatic rings. The van der Waals surface area contributed by atoms with Crippen LogP contribution in [0.5, 0.6) is 0 Å². The number of benzene rings is 1. The second-order valence-electron chi connectivity index (χ2n) is 6.29. The molecule has 3 aromatic rings. The van der Waals surface area contributed by atoms with Gasteiger partial charge in [0.1, 0.15) is 10.3 Å². The average Bonchev–Trinajstić information content (AvgIpc) is 3.17. The Hall–Kier alpha value is -2.17. The number of hydrogen-bond donors (Lipinski definition) is 1. The fourth-order valence-corrected chi connectivity index (χ4v) is 5.44. The molecular formula is C18H18F3N3O2S2. The van der Waals surface area contributed by atoms with E-state index in [0.29, 0.717) is 10.6 Å². The van der Waals surface area contributed by atoms with Crippen LogP contribution in [0.3, 0.4) is 0 Å². The van der Waals surface area contributed by atoms with Crippen molar-refractivity contribution in [3.8, 4) is 5.69 Å². The van der Waals surface area contributed by atoms with E-state index in [2.05, 4.69) is 5.10 Å². The van der Waals surface area contributed by atoms with Gasteiger partial charge in [0.2, 0.25) is 0 Å². The maximum Gasteiger partial charge on any atom is 0.409 e. The zero-order valence-corrected chi connectivity index (χ0v) is 16.9. The van der Waals surface area contributed by atoms with E-state index >= 15 is 0 Å². The SMILES string of the molecule is Cc1ccc(S(=O)(=O)N[C@@H](c2c(C)nn(-c3ccccc3)c2C)C(F)(F)F)s1. The normalized spacial score (nSPS) is 13.6. The van der Waals surface area contributed by atoms with Crippen LogP contribution >= 0.6 is 11.3 Å². The number of nitrogens with zero attached hydrogens (tertiary/aromatic N) is 2. The van der Waals surface area contributed by atoms with E-state index in [4.69, 9.17) is 0 Å². The van der Waals surface area contributed by atoms with Gasteiger partial charge in [-0.05, 0) is 45.0 Å². The lowest BCUT2D eigenvalue weighted by Gasteiger charge is -2.22. The van der Waals surface area contributed by atoms with Crippen LogP contribution in [0.2, 0.25) is 0 Å². The van der Waals surface area contributed by atoms with E-state index in [1.807, 2.05) is 4.72 Å². The number of hydrogen-bond acceptors (Lipinski definition) is 4. The first-order valence-corrected chi connectivity index (χ1v) is 10.6. The van der Waals surface area contributed by atoms with Crippen LogP contribution < -0.4 is 4.72 Å². The van der Waals surface area contributed by atoms with Crippen LogP contribution in [0.15, 0.2) is 46.7 Å². The Kier molecular flexibility index (Phi) is 5.39. The first-order chi connectivity index (χ1) is 13.0. The van der Waals surface area contributed by atoms with Crippen LogP contribution in [0.1, 0.15) is 27.9 Å². The van der Waals surface area contributed by atoms with Crippen molar-refractivity contribution in [2.45, 2.75) is 37.2 Å². The minimum atomic E-state index is -4.83. The molecule has 2 aromatic heterocycles. The summed E-state index contributed by atoms with van der Waals surface area (Å²) < 4.78 is 69.7. The predicted octanol–water partition coefficient (Wildman–Crippen LogP) is 4.44. The third kappa shape index (κ3) is 3.98. The number of aromatic nitrogens is 2. The Morgan fingerprint density at radius 2 is 1.71 bits per heavy atom. The van der Waals surface area contributed by atoms with E-state index in [1.54, 1.807) is 43.3 Å². The third-order valence-corrected chi connectivity index (χ3v) is 7.13. The van der Waals surface area contributed by atoms with Crippen molar-refractivity contribution in [1.82, 2.24) is 14.5 Å². The fraction of sp³-hybridized carbons (Fsp3) is 0.278. The highest BCUT2D eigenvalue weighted by Crippen LogP contribution is 2.38. The Morgan fingerprint density at radius 3 is 2.25 bits per heavy atom. The summed E-state index contributed by atoms with van der Waals surface area (Å²) >= 11 is 0.914. The van der Waals surface area contributed by atoms with E-state index in [9.17, 15) is 21.6 Å². The van der Waals surface area contributed by atoms with Gasteiger partial charge in [0.15, 0.2) is 0 Å². The van der Waals surface area contributed by atoms with Crippen LogP contribution in [0.4, 0.5) is 13.2 Å². The van der Waals surface area contributed by atoms with Gasteiger partial charge in [-0.3, -0.25) is 0 Å². The maximum atomic E-state index is 13.9. The smallest absolute Gasteiger partial charge is 0.237 e. The van der Waals surface area contributed by atoms with E-state index in [0.717, 1.165) is 11.3 Å². The van der Waals surface area contributed by atoms with Crippen molar-refractivity contribution in [3.05, 3.63) is 64.3 Å². The molecule has 1 N–H and O–H groups in total. The molecule has 28 heavy (non-hydrogen) atoms. The predicted molar refractivity (Wildman–Crippen MR) is 101 cm³/mol. The van der Waals surface area contributed by atoms with Crippen LogP contribution in [-0.2, 0) is 10.0 Å². The summed E-state index contributed by atoms with van der Waals surface area (Å²) in [5.41, 5.74) is 0.713. The summed E-state index contributed by atoms with van der Waals surface area (Å²) in [7, 11) is -4.35. The van der Waals surface area contributed by atoms with Gasteiger partial charge in [-0.15, -0.1) is 11.3 Å². The van der Waals surface area contributed by atoms with Gasteiger partial charge in [0, 0.05) is 16.1 Å². The van der Waals surface area contributed by atoms with Crippen molar-refractivity contribution in [2.75, 3.05) is 0 Å². The van der Waals surface area contributed by atoms with Crippen LogP contribution in [0, 0.1) is 20.8 Å². The number of aryl methyl sites for hydroxylation is 2. The average molecular weight is 429 g/mol.